The molecule has 0 spiro atoms. The number of benzene rings is 1. The monoisotopic (exact) mass is 444 g/mol. The maximum Gasteiger partial charge on any atom is 0.341 e. The highest BCUT2D eigenvalue weighted by molar-refractivity contribution is 7.17. The zero-order valence-corrected chi connectivity index (χ0v) is 19.1. The molecule has 1 aliphatic rings. The summed E-state index contributed by atoms with van der Waals surface area (Å²) in [5.74, 6) is -0.431. The lowest BCUT2D eigenvalue weighted by Gasteiger charge is -2.36. The average molecular weight is 445 g/mol. The topological polar surface area (TPSA) is 98.5 Å². The summed E-state index contributed by atoms with van der Waals surface area (Å²) < 4.78 is 5.27. The molecular weight excluding hydrogens is 416 g/mol. The summed E-state index contributed by atoms with van der Waals surface area (Å²) in [4.78, 5) is 37.2. The van der Waals surface area contributed by atoms with E-state index in [1.165, 1.54) is 35.6 Å². The van der Waals surface area contributed by atoms with Crippen molar-refractivity contribution in [3.63, 3.8) is 0 Å². The lowest BCUT2D eigenvalue weighted by Crippen LogP contribution is -2.28. The standard InChI is InChI=1S/C23H28N2O5S/c1-5-23(3,4)15-10-11-17-18(13-15)31-21(19(17)22(27)30-6-2)24-20(26)14-8-7-9-16(12-14)25(28)29/h7-9,12,15H,5-6,10-11,13H2,1-4H3,(H,24,26). The van der Waals surface area contributed by atoms with Gasteiger partial charge in [0.25, 0.3) is 11.6 Å². The molecule has 1 unspecified atom stereocenters. The van der Waals surface area contributed by atoms with Crippen molar-refractivity contribution in [2.75, 3.05) is 11.9 Å². The van der Waals surface area contributed by atoms with E-state index >= 15 is 0 Å². The number of carbonyl (C=O) groups is 2. The number of nitro benzene ring substituents is 1. The van der Waals surface area contributed by atoms with Crippen LogP contribution in [-0.2, 0) is 17.6 Å². The summed E-state index contributed by atoms with van der Waals surface area (Å²) >= 11 is 1.41. The number of ether oxygens (including phenoxy) is 1. The number of non-ortho nitro benzene ring substituents is 1. The first-order valence-electron chi connectivity index (χ1n) is 10.5. The minimum atomic E-state index is -0.541. The van der Waals surface area contributed by atoms with Crippen molar-refractivity contribution in [2.45, 2.75) is 53.4 Å². The molecule has 0 radical (unpaired) electrons. The summed E-state index contributed by atoms with van der Waals surface area (Å²) in [5, 5.41) is 14.3. The van der Waals surface area contributed by atoms with Gasteiger partial charge in [-0.15, -0.1) is 11.3 Å². The van der Waals surface area contributed by atoms with E-state index < -0.39 is 16.8 Å². The van der Waals surface area contributed by atoms with Crippen molar-refractivity contribution < 1.29 is 19.2 Å². The van der Waals surface area contributed by atoms with E-state index in [1.54, 1.807) is 6.92 Å². The summed E-state index contributed by atoms with van der Waals surface area (Å²) in [6.45, 7) is 8.73. The van der Waals surface area contributed by atoms with Crippen LogP contribution in [0.15, 0.2) is 24.3 Å². The molecule has 1 aliphatic carbocycles. The van der Waals surface area contributed by atoms with E-state index in [0.717, 1.165) is 36.1 Å². The molecule has 1 atom stereocenters. The number of amides is 1. The molecular formula is C23H28N2O5S. The average Bonchev–Trinajstić information content (AvgIpc) is 3.10. The largest absolute Gasteiger partial charge is 0.462 e. The minimum absolute atomic E-state index is 0.159. The van der Waals surface area contributed by atoms with Gasteiger partial charge in [0.2, 0.25) is 0 Å². The second-order valence-corrected chi connectivity index (χ2v) is 9.58. The fraction of sp³-hybridized carbons (Fsp3) is 0.478. The normalized spacial score (nSPS) is 15.8. The van der Waals surface area contributed by atoms with E-state index in [0.29, 0.717) is 16.5 Å². The lowest BCUT2D eigenvalue weighted by molar-refractivity contribution is -0.384. The van der Waals surface area contributed by atoms with E-state index in [1.807, 2.05) is 0 Å². The molecule has 31 heavy (non-hydrogen) atoms. The van der Waals surface area contributed by atoms with Crippen molar-refractivity contribution in [3.8, 4) is 0 Å². The van der Waals surface area contributed by atoms with Crippen LogP contribution in [0.25, 0.3) is 0 Å². The summed E-state index contributed by atoms with van der Waals surface area (Å²) in [7, 11) is 0. The van der Waals surface area contributed by atoms with Crippen molar-refractivity contribution in [1.82, 2.24) is 0 Å². The van der Waals surface area contributed by atoms with Gasteiger partial charge in [-0.25, -0.2) is 4.79 Å². The quantitative estimate of drug-likeness (QED) is 0.339. The van der Waals surface area contributed by atoms with Gasteiger partial charge >= 0.3 is 5.97 Å². The Kier molecular flexibility index (Phi) is 6.79. The second kappa shape index (κ2) is 9.18. The van der Waals surface area contributed by atoms with Crippen LogP contribution in [0.1, 0.15) is 71.7 Å². The summed E-state index contributed by atoms with van der Waals surface area (Å²) in [6.07, 6.45) is 3.68. The summed E-state index contributed by atoms with van der Waals surface area (Å²) in [6, 6.07) is 5.54. The highest BCUT2D eigenvalue weighted by Gasteiger charge is 2.35. The molecule has 1 N–H and O–H groups in total. The fourth-order valence-electron chi connectivity index (χ4n) is 3.98. The fourth-order valence-corrected chi connectivity index (χ4v) is 5.30. The lowest BCUT2D eigenvalue weighted by atomic mass is 9.69. The van der Waals surface area contributed by atoms with Crippen molar-refractivity contribution in [3.05, 3.63) is 55.9 Å². The van der Waals surface area contributed by atoms with Crippen LogP contribution in [0.3, 0.4) is 0 Å². The van der Waals surface area contributed by atoms with Crippen LogP contribution >= 0.6 is 11.3 Å². The number of thiophene rings is 1. The van der Waals surface area contributed by atoms with Crippen LogP contribution in [0.5, 0.6) is 0 Å². The van der Waals surface area contributed by atoms with Crippen LogP contribution in [0.2, 0.25) is 0 Å². The minimum Gasteiger partial charge on any atom is -0.462 e. The summed E-state index contributed by atoms with van der Waals surface area (Å²) in [5.41, 5.74) is 1.58. The molecule has 0 aliphatic heterocycles. The first-order valence-corrected chi connectivity index (χ1v) is 11.4. The number of hydrogen-bond donors (Lipinski definition) is 1. The molecule has 3 rings (SSSR count). The van der Waals surface area contributed by atoms with Gasteiger partial charge in [-0.2, -0.15) is 0 Å². The molecule has 1 heterocycles. The van der Waals surface area contributed by atoms with Gasteiger partial charge in [-0.1, -0.05) is 33.3 Å². The Morgan fingerprint density at radius 2 is 2.06 bits per heavy atom. The number of hydrogen-bond acceptors (Lipinski definition) is 6. The smallest absolute Gasteiger partial charge is 0.341 e. The van der Waals surface area contributed by atoms with Crippen LogP contribution < -0.4 is 5.32 Å². The number of fused-ring (bicyclic) bond motifs is 1. The van der Waals surface area contributed by atoms with Gasteiger partial charge in [-0.05, 0) is 49.1 Å². The molecule has 1 aromatic heterocycles. The van der Waals surface area contributed by atoms with Crippen LogP contribution in [0.4, 0.5) is 10.7 Å². The zero-order valence-electron chi connectivity index (χ0n) is 18.3. The maximum absolute atomic E-state index is 12.8. The van der Waals surface area contributed by atoms with Crippen molar-refractivity contribution >= 4 is 33.9 Å². The number of carbonyl (C=O) groups excluding carboxylic acids is 2. The van der Waals surface area contributed by atoms with Gasteiger partial charge in [0.05, 0.1) is 17.1 Å². The molecule has 0 fully saturated rings. The Bertz CT molecular complexity index is 1010. The van der Waals surface area contributed by atoms with Gasteiger partial charge in [0.15, 0.2) is 0 Å². The molecule has 2 aromatic rings. The number of nitrogens with one attached hydrogen (secondary N) is 1. The van der Waals surface area contributed by atoms with E-state index in [4.69, 9.17) is 4.74 Å². The predicted octanol–water partition coefficient (Wildman–Crippen LogP) is 5.63. The molecule has 0 saturated heterocycles. The molecule has 0 bridgehead atoms. The van der Waals surface area contributed by atoms with Crippen molar-refractivity contribution in [2.24, 2.45) is 11.3 Å². The number of nitrogens with zero attached hydrogens (tertiary/aromatic N) is 1. The first kappa shape index (κ1) is 22.9. The van der Waals surface area contributed by atoms with E-state index in [-0.39, 0.29) is 23.3 Å². The third kappa shape index (κ3) is 4.79. The van der Waals surface area contributed by atoms with Crippen LogP contribution in [-0.4, -0.2) is 23.4 Å². The molecule has 1 amide bonds. The number of rotatable bonds is 7. The first-order chi connectivity index (χ1) is 14.7. The molecule has 0 saturated carbocycles. The third-order valence-corrected chi connectivity index (χ3v) is 7.48. The third-order valence-electron chi connectivity index (χ3n) is 6.31. The second-order valence-electron chi connectivity index (χ2n) is 8.47. The number of nitro groups is 1. The van der Waals surface area contributed by atoms with Gasteiger partial charge in [0.1, 0.15) is 5.00 Å². The molecule has 7 nitrogen and oxygen atoms in total. The molecule has 1 aromatic carbocycles. The maximum atomic E-state index is 12.8. The Labute approximate surface area is 186 Å². The Balaban J connectivity index is 1.95. The van der Waals surface area contributed by atoms with E-state index in [2.05, 4.69) is 26.1 Å². The molecule has 8 heteroatoms. The van der Waals surface area contributed by atoms with E-state index in [9.17, 15) is 19.7 Å². The van der Waals surface area contributed by atoms with Gasteiger partial charge in [0, 0.05) is 22.6 Å². The van der Waals surface area contributed by atoms with Gasteiger partial charge < -0.3 is 10.1 Å². The highest BCUT2D eigenvalue weighted by Crippen LogP contribution is 2.45. The SMILES string of the molecule is CCOC(=O)c1c(NC(=O)c2cccc([N+](=O)[O-])c2)sc2c1CCC(C(C)(C)CC)C2. The van der Waals surface area contributed by atoms with Crippen LogP contribution in [0, 0.1) is 21.4 Å². The van der Waals surface area contributed by atoms with Gasteiger partial charge in [-0.3, -0.25) is 14.9 Å². The Morgan fingerprint density at radius 3 is 2.71 bits per heavy atom. The predicted molar refractivity (Wildman–Crippen MR) is 121 cm³/mol. The Morgan fingerprint density at radius 1 is 1.32 bits per heavy atom. The number of esters is 1. The highest BCUT2D eigenvalue weighted by atomic mass is 32.1. The van der Waals surface area contributed by atoms with Crippen molar-refractivity contribution in [1.29, 1.82) is 0 Å². The zero-order chi connectivity index (χ0) is 22.8. The number of anilines is 1. The molecule has 166 valence electrons. The Hall–Kier alpha value is -2.74.